The van der Waals surface area contributed by atoms with Crippen LogP contribution in [0.2, 0.25) is 0 Å². The number of hydrogen-bond acceptors (Lipinski definition) is 3. The largest absolute Gasteiger partial charge is 0.497 e. The van der Waals surface area contributed by atoms with Crippen molar-refractivity contribution in [3.63, 3.8) is 0 Å². The maximum Gasteiger partial charge on any atom is 0.142 e. The lowest BCUT2D eigenvalue weighted by atomic mass is 9.85. The molecule has 1 saturated heterocycles. The summed E-state index contributed by atoms with van der Waals surface area (Å²) in [7, 11) is 1.62. The highest BCUT2D eigenvalue weighted by Crippen LogP contribution is 2.45. The van der Waals surface area contributed by atoms with Crippen LogP contribution in [0.4, 0.5) is 0 Å². The Morgan fingerprint density at radius 3 is 2.90 bits per heavy atom. The minimum Gasteiger partial charge on any atom is -0.497 e. The Morgan fingerprint density at radius 1 is 1.35 bits per heavy atom. The van der Waals surface area contributed by atoms with Gasteiger partial charge in [-0.2, -0.15) is 0 Å². The van der Waals surface area contributed by atoms with Crippen molar-refractivity contribution < 1.29 is 14.6 Å². The van der Waals surface area contributed by atoms with Gasteiger partial charge in [-0.05, 0) is 25.0 Å². The summed E-state index contributed by atoms with van der Waals surface area (Å²) < 4.78 is 11.0. The maximum absolute atomic E-state index is 10.9. The first-order chi connectivity index (χ1) is 9.73. The predicted octanol–water partition coefficient (Wildman–Crippen LogP) is 2.46. The van der Waals surface area contributed by atoms with E-state index in [0.29, 0.717) is 13.0 Å². The quantitative estimate of drug-likeness (QED) is 0.797. The molecule has 1 aliphatic heterocycles. The van der Waals surface area contributed by atoms with Gasteiger partial charge in [-0.1, -0.05) is 30.0 Å². The van der Waals surface area contributed by atoms with Crippen LogP contribution in [0.25, 0.3) is 0 Å². The normalized spacial score (nSPS) is 28.2. The van der Waals surface area contributed by atoms with E-state index in [4.69, 9.17) is 9.47 Å². The van der Waals surface area contributed by atoms with Crippen LogP contribution in [0.15, 0.2) is 41.9 Å². The monoisotopic (exact) mass is 270 g/mol. The van der Waals surface area contributed by atoms with E-state index >= 15 is 0 Å². The summed E-state index contributed by atoms with van der Waals surface area (Å²) in [6, 6.07) is 9.71. The van der Waals surface area contributed by atoms with Crippen molar-refractivity contribution in [3.8, 4) is 11.8 Å². The van der Waals surface area contributed by atoms with Gasteiger partial charge in [0.2, 0.25) is 0 Å². The van der Waals surface area contributed by atoms with Crippen molar-refractivity contribution in [1.29, 1.82) is 0 Å². The molecule has 1 N–H and O–H groups in total. The van der Waals surface area contributed by atoms with Crippen LogP contribution in [0.1, 0.15) is 24.8 Å². The Morgan fingerprint density at radius 2 is 2.15 bits per heavy atom. The summed E-state index contributed by atoms with van der Waals surface area (Å²) in [5.74, 6) is 7.57. The Balaban J connectivity index is 1.88. The zero-order valence-electron chi connectivity index (χ0n) is 11.6. The molecule has 2 atom stereocenters. The van der Waals surface area contributed by atoms with Gasteiger partial charge in [0.1, 0.15) is 17.1 Å². The second-order valence-electron chi connectivity index (χ2n) is 5.25. The zero-order chi connectivity index (χ0) is 14.0. The summed E-state index contributed by atoms with van der Waals surface area (Å²) in [5, 5.41) is 10.9. The Kier molecular flexibility index (Phi) is 3.42. The second-order valence-corrected chi connectivity index (χ2v) is 5.25. The number of ether oxygens (including phenoxy) is 2. The van der Waals surface area contributed by atoms with Crippen molar-refractivity contribution in [1.82, 2.24) is 0 Å². The summed E-state index contributed by atoms with van der Waals surface area (Å²) in [4.78, 5) is 0. The molecule has 1 fully saturated rings. The van der Waals surface area contributed by atoms with Crippen LogP contribution in [0.3, 0.4) is 0 Å². The molecule has 0 amide bonds. The third-order valence-corrected chi connectivity index (χ3v) is 3.94. The van der Waals surface area contributed by atoms with Crippen LogP contribution in [0.5, 0.6) is 0 Å². The number of rotatable bonds is 1. The van der Waals surface area contributed by atoms with E-state index < -0.39 is 5.60 Å². The van der Waals surface area contributed by atoms with Gasteiger partial charge in [0.05, 0.1) is 19.6 Å². The summed E-state index contributed by atoms with van der Waals surface area (Å²) in [6.07, 6.45) is 2.24. The lowest BCUT2D eigenvalue weighted by molar-refractivity contribution is 0.0161. The number of fused-ring (bicyclic) bond motifs is 1. The average molecular weight is 270 g/mol. The predicted molar refractivity (Wildman–Crippen MR) is 75.6 cm³/mol. The van der Waals surface area contributed by atoms with E-state index in [9.17, 15) is 5.11 Å². The molecule has 0 unspecified atom stereocenters. The maximum atomic E-state index is 10.9. The van der Waals surface area contributed by atoms with Crippen molar-refractivity contribution in [2.75, 3.05) is 13.7 Å². The molecule has 0 radical (unpaired) electrons. The number of methoxy groups -OCH3 is 1. The van der Waals surface area contributed by atoms with Gasteiger partial charge < -0.3 is 14.6 Å². The molecule has 1 heterocycles. The van der Waals surface area contributed by atoms with E-state index in [0.717, 1.165) is 29.9 Å². The van der Waals surface area contributed by atoms with E-state index in [1.165, 1.54) is 0 Å². The topological polar surface area (TPSA) is 38.7 Å². The molecule has 1 aromatic carbocycles. The van der Waals surface area contributed by atoms with Crippen molar-refractivity contribution in [3.05, 3.63) is 47.4 Å². The van der Waals surface area contributed by atoms with E-state index in [2.05, 4.69) is 11.8 Å². The van der Waals surface area contributed by atoms with Gasteiger partial charge in [0.15, 0.2) is 0 Å². The van der Waals surface area contributed by atoms with Gasteiger partial charge in [-0.15, -0.1) is 0 Å². The molecule has 2 aliphatic rings. The highest BCUT2D eigenvalue weighted by molar-refractivity contribution is 5.40. The van der Waals surface area contributed by atoms with Crippen LogP contribution in [-0.2, 0) is 9.47 Å². The molecule has 3 heteroatoms. The number of aliphatic hydroxyl groups is 1. The Labute approximate surface area is 119 Å². The molecule has 0 aromatic heterocycles. The van der Waals surface area contributed by atoms with Crippen molar-refractivity contribution >= 4 is 0 Å². The van der Waals surface area contributed by atoms with Crippen LogP contribution in [-0.4, -0.2) is 24.4 Å². The first kappa shape index (κ1) is 13.1. The Bertz CT molecular complexity index is 579. The van der Waals surface area contributed by atoms with Crippen molar-refractivity contribution in [2.45, 2.75) is 24.9 Å². The average Bonchev–Trinajstić information content (AvgIpc) is 2.80. The third-order valence-electron chi connectivity index (χ3n) is 3.94. The fourth-order valence-electron chi connectivity index (χ4n) is 2.89. The van der Waals surface area contributed by atoms with Crippen LogP contribution < -0.4 is 0 Å². The molecule has 104 valence electrons. The SMILES string of the molecule is COC1=C2OCCC[C@H]2[C@@](O)(C#Cc2ccccc2)C1. The summed E-state index contributed by atoms with van der Waals surface area (Å²) >= 11 is 0. The smallest absolute Gasteiger partial charge is 0.142 e. The lowest BCUT2D eigenvalue weighted by Crippen LogP contribution is -2.35. The highest BCUT2D eigenvalue weighted by Gasteiger charge is 2.48. The molecule has 1 aromatic rings. The molecule has 3 nitrogen and oxygen atoms in total. The molecular formula is C17H18O3. The number of hydrogen-bond donors (Lipinski definition) is 1. The molecule has 0 bridgehead atoms. The molecule has 20 heavy (non-hydrogen) atoms. The van der Waals surface area contributed by atoms with Crippen LogP contribution >= 0.6 is 0 Å². The van der Waals surface area contributed by atoms with E-state index in [-0.39, 0.29) is 5.92 Å². The van der Waals surface area contributed by atoms with Crippen molar-refractivity contribution in [2.24, 2.45) is 5.92 Å². The molecular weight excluding hydrogens is 252 g/mol. The highest BCUT2D eigenvalue weighted by atomic mass is 16.5. The lowest BCUT2D eigenvalue weighted by Gasteiger charge is -2.29. The molecule has 3 rings (SSSR count). The van der Waals surface area contributed by atoms with E-state index in [1.807, 2.05) is 30.3 Å². The first-order valence-electron chi connectivity index (χ1n) is 6.93. The second kappa shape index (κ2) is 5.22. The van der Waals surface area contributed by atoms with Gasteiger partial charge in [0, 0.05) is 12.0 Å². The first-order valence-corrected chi connectivity index (χ1v) is 6.93. The van der Waals surface area contributed by atoms with E-state index in [1.54, 1.807) is 7.11 Å². The zero-order valence-corrected chi connectivity index (χ0v) is 11.6. The van der Waals surface area contributed by atoms with Gasteiger partial charge in [-0.3, -0.25) is 0 Å². The molecule has 0 spiro atoms. The minimum absolute atomic E-state index is 0.0672. The number of benzene rings is 1. The third kappa shape index (κ3) is 2.28. The van der Waals surface area contributed by atoms with Crippen LogP contribution in [0, 0.1) is 17.8 Å². The van der Waals surface area contributed by atoms with Gasteiger partial charge in [0.25, 0.3) is 0 Å². The minimum atomic E-state index is -1.07. The standard InChI is InChI=1S/C17H18O3/c1-19-15-12-17(18,14-8-5-11-20-16(14)15)10-9-13-6-3-2-4-7-13/h2-4,6-7,14,18H,5,8,11-12H2,1H3/t14-,17-/m1/s1. The summed E-state index contributed by atoms with van der Waals surface area (Å²) in [5.41, 5.74) is -0.165. The van der Waals surface area contributed by atoms with Gasteiger partial charge >= 0.3 is 0 Å². The van der Waals surface area contributed by atoms with Gasteiger partial charge in [-0.25, -0.2) is 0 Å². The Hall–Kier alpha value is -1.92. The summed E-state index contributed by atoms with van der Waals surface area (Å²) in [6.45, 7) is 0.695. The fourth-order valence-corrected chi connectivity index (χ4v) is 2.89. The molecule has 1 aliphatic carbocycles. The fraction of sp³-hybridized carbons (Fsp3) is 0.412. The molecule has 0 saturated carbocycles.